The van der Waals surface area contributed by atoms with E-state index in [4.69, 9.17) is 4.74 Å². The Bertz CT molecular complexity index is 796. The quantitative estimate of drug-likeness (QED) is 0.707. The molecule has 1 aromatic heterocycles. The number of hydrogen-bond acceptors (Lipinski definition) is 5. The van der Waals surface area contributed by atoms with E-state index >= 15 is 0 Å². The molecular weight excluding hydrogens is 379 g/mol. The molecule has 28 heavy (non-hydrogen) atoms. The average Bonchev–Trinajstić information content (AvgIpc) is 3.04. The summed E-state index contributed by atoms with van der Waals surface area (Å²) in [7, 11) is 1.85. The molecule has 3 unspecified atom stereocenters. The third-order valence-corrected chi connectivity index (χ3v) is 6.17. The van der Waals surface area contributed by atoms with Crippen molar-refractivity contribution in [2.24, 2.45) is 13.0 Å². The minimum atomic E-state index is -0.353. The Morgan fingerprint density at radius 2 is 2.04 bits per heavy atom. The van der Waals surface area contributed by atoms with E-state index < -0.39 is 0 Å². The summed E-state index contributed by atoms with van der Waals surface area (Å²) in [6.45, 7) is 4.06. The first-order chi connectivity index (χ1) is 13.4. The number of halogens is 1. The number of ether oxygens (including phenoxy) is 1. The van der Waals surface area contributed by atoms with Crippen LogP contribution in [0.15, 0.2) is 29.4 Å². The predicted octanol–water partition coefficient (Wildman–Crippen LogP) is 3.88. The van der Waals surface area contributed by atoms with Crippen molar-refractivity contribution in [2.75, 3.05) is 5.75 Å². The fourth-order valence-electron chi connectivity index (χ4n) is 3.49. The van der Waals surface area contributed by atoms with Gasteiger partial charge in [0.25, 0.3) is 0 Å². The second kappa shape index (κ2) is 9.41. The van der Waals surface area contributed by atoms with Crippen LogP contribution in [0.5, 0.6) is 5.75 Å². The number of carbonyl (C=O) groups is 1. The van der Waals surface area contributed by atoms with Gasteiger partial charge in [0.2, 0.25) is 5.91 Å². The predicted molar refractivity (Wildman–Crippen MR) is 107 cm³/mol. The van der Waals surface area contributed by atoms with E-state index in [1.807, 2.05) is 18.5 Å². The summed E-state index contributed by atoms with van der Waals surface area (Å²) in [4.78, 5) is 12.3. The second-order valence-corrected chi connectivity index (χ2v) is 8.28. The summed E-state index contributed by atoms with van der Waals surface area (Å²) in [5, 5.41) is 12.2. The number of nitrogens with one attached hydrogen (secondary N) is 1. The molecule has 1 aromatic carbocycles. The maximum absolute atomic E-state index is 13.0. The molecule has 0 spiro atoms. The van der Waals surface area contributed by atoms with Gasteiger partial charge in [-0.1, -0.05) is 31.5 Å². The van der Waals surface area contributed by atoms with E-state index in [2.05, 4.69) is 22.4 Å². The molecule has 8 heteroatoms. The summed E-state index contributed by atoms with van der Waals surface area (Å²) in [6.07, 6.45) is 4.32. The Balaban J connectivity index is 1.53. The zero-order valence-corrected chi connectivity index (χ0v) is 17.3. The highest BCUT2D eigenvalue weighted by Crippen LogP contribution is 2.25. The summed E-state index contributed by atoms with van der Waals surface area (Å²) >= 11 is 1.36. The first-order valence-corrected chi connectivity index (χ1v) is 10.7. The van der Waals surface area contributed by atoms with Crippen molar-refractivity contribution >= 4 is 17.7 Å². The number of rotatable bonds is 7. The first-order valence-electron chi connectivity index (χ1n) is 9.67. The Morgan fingerprint density at radius 1 is 1.32 bits per heavy atom. The van der Waals surface area contributed by atoms with Crippen LogP contribution >= 0.6 is 11.8 Å². The maximum Gasteiger partial charge on any atom is 0.230 e. The van der Waals surface area contributed by atoms with Crippen molar-refractivity contribution in [3.8, 4) is 5.75 Å². The van der Waals surface area contributed by atoms with Gasteiger partial charge in [0.05, 0.1) is 5.75 Å². The van der Waals surface area contributed by atoms with E-state index in [9.17, 15) is 9.18 Å². The van der Waals surface area contributed by atoms with Crippen molar-refractivity contribution in [3.05, 3.63) is 35.9 Å². The van der Waals surface area contributed by atoms with Gasteiger partial charge in [-0.15, -0.1) is 10.2 Å². The molecule has 0 radical (unpaired) electrons. The Morgan fingerprint density at radius 3 is 2.75 bits per heavy atom. The fraction of sp³-hybridized carbons (Fsp3) is 0.550. The van der Waals surface area contributed by atoms with Crippen LogP contribution in [-0.2, 0) is 11.8 Å². The van der Waals surface area contributed by atoms with Crippen LogP contribution in [0, 0.1) is 11.7 Å². The second-order valence-electron chi connectivity index (χ2n) is 7.34. The number of hydrogen-bond donors (Lipinski definition) is 1. The van der Waals surface area contributed by atoms with Crippen molar-refractivity contribution in [1.82, 2.24) is 20.1 Å². The first kappa shape index (κ1) is 20.6. The van der Waals surface area contributed by atoms with Crippen LogP contribution in [0.1, 0.15) is 51.5 Å². The minimum absolute atomic E-state index is 0.0314. The fourth-order valence-corrected chi connectivity index (χ4v) is 4.21. The number of benzene rings is 1. The molecule has 6 nitrogen and oxygen atoms in total. The molecule has 1 aliphatic carbocycles. The molecule has 2 aromatic rings. The van der Waals surface area contributed by atoms with Crippen molar-refractivity contribution in [3.63, 3.8) is 0 Å². The van der Waals surface area contributed by atoms with Crippen molar-refractivity contribution in [2.45, 2.75) is 56.8 Å². The van der Waals surface area contributed by atoms with Crippen LogP contribution in [0.4, 0.5) is 4.39 Å². The van der Waals surface area contributed by atoms with Crippen LogP contribution in [-0.4, -0.2) is 32.5 Å². The average molecular weight is 407 g/mol. The topological polar surface area (TPSA) is 69.0 Å². The number of thioether (sulfide) groups is 1. The van der Waals surface area contributed by atoms with Gasteiger partial charge >= 0.3 is 0 Å². The monoisotopic (exact) mass is 406 g/mol. The molecule has 1 heterocycles. The van der Waals surface area contributed by atoms with Gasteiger partial charge in [-0.2, -0.15) is 0 Å². The zero-order chi connectivity index (χ0) is 20.1. The van der Waals surface area contributed by atoms with Crippen LogP contribution in [0.3, 0.4) is 0 Å². The lowest BCUT2D eigenvalue weighted by Crippen LogP contribution is -2.41. The normalized spacial score (nSPS) is 20.6. The van der Waals surface area contributed by atoms with Gasteiger partial charge in [-0.05, 0) is 49.9 Å². The van der Waals surface area contributed by atoms with Gasteiger partial charge in [-0.25, -0.2) is 4.39 Å². The molecule has 0 saturated heterocycles. The van der Waals surface area contributed by atoms with Crippen LogP contribution in [0.2, 0.25) is 0 Å². The molecule has 3 rings (SSSR count). The van der Waals surface area contributed by atoms with E-state index in [1.165, 1.54) is 43.2 Å². The Hall–Kier alpha value is -2.09. The lowest BCUT2D eigenvalue weighted by molar-refractivity contribution is -0.119. The van der Waals surface area contributed by atoms with Gasteiger partial charge in [0.15, 0.2) is 17.1 Å². The zero-order valence-electron chi connectivity index (χ0n) is 16.5. The third kappa shape index (κ3) is 5.25. The van der Waals surface area contributed by atoms with Crippen LogP contribution < -0.4 is 10.1 Å². The summed E-state index contributed by atoms with van der Waals surface area (Å²) in [5.74, 6) is 1.78. The molecule has 1 amide bonds. The largest absolute Gasteiger partial charge is 0.483 e. The molecular formula is C20H27FN4O2S. The molecule has 1 N–H and O–H groups in total. The highest BCUT2D eigenvalue weighted by molar-refractivity contribution is 7.99. The van der Waals surface area contributed by atoms with E-state index in [1.54, 1.807) is 12.1 Å². The van der Waals surface area contributed by atoms with Crippen molar-refractivity contribution < 1.29 is 13.9 Å². The molecule has 152 valence electrons. The lowest BCUT2D eigenvalue weighted by atomic mass is 9.86. The van der Waals surface area contributed by atoms with Gasteiger partial charge in [-0.3, -0.25) is 4.79 Å². The Kier molecular flexibility index (Phi) is 6.93. The standard InChI is InChI=1S/C20H27FN4O2S/c1-13-6-4-5-7-17(13)22-18(26)12-28-20-24-23-19(25(20)3)14(2)27-16-10-8-15(21)9-11-16/h8-11,13-14,17H,4-7,12H2,1-3H3,(H,22,26). The van der Waals surface area contributed by atoms with Crippen molar-refractivity contribution in [1.29, 1.82) is 0 Å². The summed E-state index contributed by atoms with van der Waals surface area (Å²) in [6, 6.07) is 6.14. The highest BCUT2D eigenvalue weighted by Gasteiger charge is 2.23. The van der Waals surface area contributed by atoms with Gasteiger partial charge in [0.1, 0.15) is 11.6 Å². The van der Waals surface area contributed by atoms with E-state index in [0.29, 0.717) is 28.4 Å². The number of amides is 1. The van der Waals surface area contributed by atoms with Gasteiger partial charge < -0.3 is 14.6 Å². The van der Waals surface area contributed by atoms with Gasteiger partial charge in [0, 0.05) is 13.1 Å². The Labute approximate surface area is 169 Å². The molecule has 1 saturated carbocycles. The summed E-state index contributed by atoms with van der Waals surface area (Å²) < 4.78 is 20.7. The lowest BCUT2D eigenvalue weighted by Gasteiger charge is -2.29. The SMILES string of the molecule is CC(Oc1ccc(F)cc1)c1nnc(SCC(=O)NC2CCCCC2C)n1C. The highest BCUT2D eigenvalue weighted by atomic mass is 32.2. The number of carbonyl (C=O) groups excluding carboxylic acids is 1. The molecule has 3 atom stereocenters. The number of aromatic nitrogens is 3. The van der Waals surface area contributed by atoms with E-state index in [0.717, 1.165) is 6.42 Å². The molecule has 0 aliphatic heterocycles. The molecule has 0 bridgehead atoms. The van der Waals surface area contributed by atoms with E-state index in [-0.39, 0.29) is 23.9 Å². The third-order valence-electron chi connectivity index (χ3n) is 5.15. The maximum atomic E-state index is 13.0. The number of nitrogens with zero attached hydrogens (tertiary/aromatic N) is 3. The minimum Gasteiger partial charge on any atom is -0.483 e. The summed E-state index contributed by atoms with van der Waals surface area (Å²) in [5.41, 5.74) is 0. The molecule has 1 fully saturated rings. The molecule has 1 aliphatic rings. The smallest absolute Gasteiger partial charge is 0.230 e. The van der Waals surface area contributed by atoms with Crippen LogP contribution in [0.25, 0.3) is 0 Å².